The quantitative estimate of drug-likeness (QED) is 0.876. The molecule has 2 N–H and O–H groups in total. The maximum atomic E-state index is 5.75. The number of ether oxygens (including phenoxy) is 1. The van der Waals surface area contributed by atoms with Crippen molar-refractivity contribution >= 4 is 0 Å². The van der Waals surface area contributed by atoms with Crippen molar-refractivity contribution in [1.29, 1.82) is 0 Å². The van der Waals surface area contributed by atoms with Crippen molar-refractivity contribution in [3.05, 3.63) is 47.0 Å². The van der Waals surface area contributed by atoms with Gasteiger partial charge in [-0.25, -0.2) is 0 Å². The standard InChI is InChI=1S/C19H29N4O/c1-13-10-16(18(2,3)4)22-17(24-7)23(13)19(5,6)14-8-9-21-15(11-14)12-20/h8-11H,12,20H2,1-7H3/q+1. The van der Waals surface area contributed by atoms with E-state index < -0.39 is 0 Å². The molecule has 0 radical (unpaired) electrons. The first-order chi connectivity index (χ1) is 11.1. The molecule has 130 valence electrons. The molecule has 0 aliphatic heterocycles. The zero-order chi connectivity index (χ0) is 18.1. The Hall–Kier alpha value is -2.01. The number of pyridine rings is 1. The molecule has 0 saturated heterocycles. The molecule has 2 heterocycles. The first-order valence-electron chi connectivity index (χ1n) is 8.25. The minimum absolute atomic E-state index is 0.0370. The van der Waals surface area contributed by atoms with Crippen molar-refractivity contribution < 1.29 is 9.30 Å². The summed E-state index contributed by atoms with van der Waals surface area (Å²) >= 11 is 0. The zero-order valence-electron chi connectivity index (χ0n) is 15.8. The molecule has 0 aliphatic carbocycles. The summed E-state index contributed by atoms with van der Waals surface area (Å²) in [6.07, 6.45) is 1.80. The van der Waals surface area contributed by atoms with Crippen LogP contribution in [0.5, 0.6) is 6.01 Å². The van der Waals surface area contributed by atoms with E-state index in [2.05, 4.69) is 57.2 Å². The number of hydrogen-bond donors (Lipinski definition) is 1. The number of hydrogen-bond acceptors (Lipinski definition) is 4. The maximum Gasteiger partial charge on any atom is 0.499 e. The van der Waals surface area contributed by atoms with Crippen molar-refractivity contribution in [2.45, 2.75) is 59.0 Å². The molecule has 5 heteroatoms. The maximum absolute atomic E-state index is 5.75. The molecule has 0 aromatic carbocycles. The van der Waals surface area contributed by atoms with Gasteiger partial charge in [0.05, 0.1) is 12.8 Å². The molecule has 2 aromatic rings. The molecular formula is C19H29N4O+. The Bertz CT molecular complexity index is 733. The molecule has 0 bridgehead atoms. The molecule has 2 rings (SSSR count). The lowest BCUT2D eigenvalue weighted by Gasteiger charge is -2.27. The largest absolute Gasteiger partial charge is 0.499 e. The Labute approximate surface area is 144 Å². The lowest BCUT2D eigenvalue weighted by atomic mass is 9.90. The summed E-state index contributed by atoms with van der Waals surface area (Å²) in [5.41, 5.74) is 9.48. The van der Waals surface area contributed by atoms with Crippen molar-refractivity contribution in [3.63, 3.8) is 0 Å². The highest BCUT2D eigenvalue weighted by molar-refractivity contribution is 5.23. The lowest BCUT2D eigenvalue weighted by Crippen LogP contribution is -2.56. The predicted molar refractivity (Wildman–Crippen MR) is 95.0 cm³/mol. The van der Waals surface area contributed by atoms with Gasteiger partial charge in [-0.05, 0) is 37.9 Å². The fourth-order valence-corrected chi connectivity index (χ4v) is 2.90. The molecule has 0 atom stereocenters. The molecule has 0 unspecified atom stereocenters. The first-order valence-corrected chi connectivity index (χ1v) is 8.25. The van der Waals surface area contributed by atoms with Crippen LogP contribution in [0.3, 0.4) is 0 Å². The molecule has 0 amide bonds. The number of aryl methyl sites for hydroxylation is 1. The topological polar surface area (TPSA) is 64.9 Å². The third kappa shape index (κ3) is 3.41. The van der Waals surface area contributed by atoms with Gasteiger partial charge in [-0.1, -0.05) is 20.8 Å². The van der Waals surface area contributed by atoms with Gasteiger partial charge < -0.3 is 10.5 Å². The Kier molecular flexibility index (Phi) is 4.95. The van der Waals surface area contributed by atoms with Crippen molar-refractivity contribution in [2.24, 2.45) is 5.73 Å². The lowest BCUT2D eigenvalue weighted by molar-refractivity contribution is -0.758. The van der Waals surface area contributed by atoms with Gasteiger partial charge in [-0.15, -0.1) is 0 Å². The van der Waals surface area contributed by atoms with E-state index in [9.17, 15) is 0 Å². The van der Waals surface area contributed by atoms with Crippen LogP contribution in [0, 0.1) is 6.92 Å². The summed E-state index contributed by atoms with van der Waals surface area (Å²) in [5, 5.41) is 0. The highest BCUT2D eigenvalue weighted by Gasteiger charge is 2.36. The van der Waals surface area contributed by atoms with E-state index in [4.69, 9.17) is 15.5 Å². The third-order valence-electron chi connectivity index (χ3n) is 4.35. The van der Waals surface area contributed by atoms with Gasteiger partial charge in [-0.3, -0.25) is 4.98 Å². The number of rotatable bonds is 4. The van der Waals surface area contributed by atoms with Crippen LogP contribution in [0.25, 0.3) is 0 Å². The Balaban J connectivity index is 2.65. The SMILES string of the molecule is COc1nc(C(C)(C)C)cc(C)[n+]1C(C)(C)c1ccnc(CN)c1. The first kappa shape index (κ1) is 18.3. The van der Waals surface area contributed by atoms with E-state index in [-0.39, 0.29) is 11.0 Å². The van der Waals surface area contributed by atoms with E-state index in [0.29, 0.717) is 12.6 Å². The van der Waals surface area contributed by atoms with Crippen molar-refractivity contribution in [2.75, 3.05) is 7.11 Å². The second kappa shape index (κ2) is 6.48. The molecule has 24 heavy (non-hydrogen) atoms. The molecule has 0 spiro atoms. The third-order valence-corrected chi connectivity index (χ3v) is 4.35. The molecule has 0 saturated carbocycles. The van der Waals surface area contributed by atoms with Crippen LogP contribution >= 0.6 is 0 Å². The van der Waals surface area contributed by atoms with Crippen LogP contribution in [0.4, 0.5) is 0 Å². The van der Waals surface area contributed by atoms with Gasteiger partial charge in [-0.2, -0.15) is 4.57 Å². The molecule has 2 aromatic heterocycles. The molecular weight excluding hydrogens is 300 g/mol. The fraction of sp³-hybridized carbons (Fsp3) is 0.526. The highest BCUT2D eigenvalue weighted by atomic mass is 16.5. The van der Waals surface area contributed by atoms with Crippen LogP contribution in [-0.2, 0) is 17.5 Å². The smallest absolute Gasteiger partial charge is 0.431 e. The Morgan fingerprint density at radius 2 is 1.83 bits per heavy atom. The van der Waals surface area contributed by atoms with Gasteiger partial charge in [0.2, 0.25) is 0 Å². The second-order valence-corrected chi connectivity index (χ2v) is 7.65. The fourth-order valence-electron chi connectivity index (χ4n) is 2.90. The van der Waals surface area contributed by atoms with Gasteiger partial charge in [0, 0.05) is 29.8 Å². The predicted octanol–water partition coefficient (Wildman–Crippen LogP) is 2.62. The monoisotopic (exact) mass is 329 g/mol. The van der Waals surface area contributed by atoms with Crippen molar-refractivity contribution in [1.82, 2.24) is 9.97 Å². The number of nitrogens with two attached hydrogens (primary N) is 1. The number of methoxy groups -OCH3 is 1. The summed E-state index contributed by atoms with van der Waals surface area (Å²) in [6, 6.07) is 6.80. The highest BCUT2D eigenvalue weighted by Crippen LogP contribution is 2.26. The van der Waals surface area contributed by atoms with E-state index >= 15 is 0 Å². The summed E-state index contributed by atoms with van der Waals surface area (Å²) in [5.74, 6) is 0. The minimum Gasteiger partial charge on any atom is -0.431 e. The summed E-state index contributed by atoms with van der Waals surface area (Å²) in [6.45, 7) is 13.3. The zero-order valence-corrected chi connectivity index (χ0v) is 15.8. The Morgan fingerprint density at radius 1 is 1.17 bits per heavy atom. The Morgan fingerprint density at radius 3 is 2.38 bits per heavy atom. The van der Waals surface area contributed by atoms with E-state index in [1.54, 1.807) is 13.3 Å². The van der Waals surface area contributed by atoms with E-state index in [1.807, 2.05) is 12.1 Å². The summed E-state index contributed by atoms with van der Waals surface area (Å²) in [7, 11) is 1.67. The van der Waals surface area contributed by atoms with E-state index in [1.165, 1.54) is 0 Å². The van der Waals surface area contributed by atoms with Crippen LogP contribution < -0.4 is 15.0 Å². The average molecular weight is 329 g/mol. The summed E-state index contributed by atoms with van der Waals surface area (Å²) in [4.78, 5) is 9.05. The van der Waals surface area contributed by atoms with Gasteiger partial charge in [0.25, 0.3) is 0 Å². The van der Waals surface area contributed by atoms with Crippen LogP contribution in [0.2, 0.25) is 0 Å². The molecule has 5 nitrogen and oxygen atoms in total. The summed E-state index contributed by atoms with van der Waals surface area (Å²) < 4.78 is 7.76. The average Bonchev–Trinajstić information content (AvgIpc) is 2.52. The van der Waals surface area contributed by atoms with Crippen LogP contribution in [0.15, 0.2) is 24.4 Å². The normalized spacial score (nSPS) is 12.3. The van der Waals surface area contributed by atoms with Gasteiger partial charge in [0.1, 0.15) is 11.2 Å². The molecule has 0 fully saturated rings. The van der Waals surface area contributed by atoms with Gasteiger partial charge >= 0.3 is 6.01 Å². The second-order valence-electron chi connectivity index (χ2n) is 7.65. The van der Waals surface area contributed by atoms with Crippen LogP contribution in [0.1, 0.15) is 57.3 Å². The van der Waals surface area contributed by atoms with Gasteiger partial charge in [0.15, 0.2) is 5.69 Å². The minimum atomic E-state index is -0.342. The van der Waals surface area contributed by atoms with E-state index in [0.717, 1.165) is 22.6 Å². The number of nitrogens with zero attached hydrogens (tertiary/aromatic N) is 3. The number of aromatic nitrogens is 3. The van der Waals surface area contributed by atoms with Crippen LogP contribution in [-0.4, -0.2) is 17.1 Å². The van der Waals surface area contributed by atoms with Crippen molar-refractivity contribution in [3.8, 4) is 6.01 Å². The molecule has 0 aliphatic rings.